The van der Waals surface area contributed by atoms with Gasteiger partial charge in [-0.2, -0.15) is 0 Å². The molecule has 0 saturated heterocycles. The minimum Gasteiger partial charge on any atom is -0.454 e. The van der Waals surface area contributed by atoms with Crippen LogP contribution in [0.25, 0.3) is 21.9 Å². The average molecular weight is 315 g/mol. The predicted molar refractivity (Wildman–Crippen MR) is 97.9 cm³/mol. The molecule has 24 heavy (non-hydrogen) atoms. The van der Waals surface area contributed by atoms with Crippen LogP contribution in [0, 0.1) is 6.92 Å². The Balaban J connectivity index is 1.85. The van der Waals surface area contributed by atoms with E-state index >= 15 is 0 Å². The first kappa shape index (κ1) is 13.4. The molecule has 1 aliphatic rings. The second kappa shape index (κ2) is 4.74. The van der Waals surface area contributed by atoms with Crippen molar-refractivity contribution in [2.45, 2.75) is 20.0 Å². The lowest BCUT2D eigenvalue weighted by Crippen LogP contribution is -2.29. The van der Waals surface area contributed by atoms with Gasteiger partial charge in [-0.15, -0.1) is 0 Å². The molecule has 4 aromatic rings. The number of furan rings is 1. The molecule has 4 nitrogen and oxygen atoms in total. The molecular weight excluding hydrogens is 298 g/mol. The normalized spacial score (nSPS) is 16.6. The van der Waals surface area contributed by atoms with E-state index in [-0.39, 0.29) is 6.17 Å². The second-order valence-electron chi connectivity index (χ2n) is 6.27. The molecule has 0 radical (unpaired) electrons. The highest BCUT2D eigenvalue weighted by Crippen LogP contribution is 2.45. The van der Waals surface area contributed by atoms with Crippen LogP contribution < -0.4 is 10.2 Å². The molecular formula is C20H17N3O. The Hall–Kier alpha value is -3.01. The molecule has 3 heterocycles. The summed E-state index contributed by atoms with van der Waals surface area (Å²) < 4.78 is 6.25. The zero-order valence-electron chi connectivity index (χ0n) is 13.6. The van der Waals surface area contributed by atoms with Crippen molar-refractivity contribution in [3.05, 3.63) is 60.3 Å². The monoisotopic (exact) mass is 315 g/mol. The molecule has 4 heteroatoms. The third kappa shape index (κ3) is 1.71. The van der Waals surface area contributed by atoms with Gasteiger partial charge >= 0.3 is 0 Å². The van der Waals surface area contributed by atoms with Crippen molar-refractivity contribution in [1.82, 2.24) is 4.98 Å². The molecule has 5 rings (SSSR count). The summed E-state index contributed by atoms with van der Waals surface area (Å²) in [5.74, 6) is 0.914. The van der Waals surface area contributed by atoms with Gasteiger partial charge < -0.3 is 14.6 Å². The highest BCUT2D eigenvalue weighted by molar-refractivity contribution is 6.10. The van der Waals surface area contributed by atoms with Crippen LogP contribution in [0.4, 0.5) is 17.2 Å². The van der Waals surface area contributed by atoms with Crippen LogP contribution in [0.15, 0.2) is 59.1 Å². The quantitative estimate of drug-likeness (QED) is 0.524. The van der Waals surface area contributed by atoms with Gasteiger partial charge in [-0.1, -0.05) is 30.3 Å². The number of aromatic nitrogens is 1. The van der Waals surface area contributed by atoms with E-state index in [1.165, 1.54) is 5.56 Å². The van der Waals surface area contributed by atoms with Crippen molar-refractivity contribution in [2.75, 3.05) is 10.2 Å². The molecule has 2 aromatic heterocycles. The maximum absolute atomic E-state index is 6.25. The zero-order valence-corrected chi connectivity index (χ0v) is 13.6. The van der Waals surface area contributed by atoms with Crippen molar-refractivity contribution in [2.24, 2.45) is 0 Å². The molecule has 0 saturated carbocycles. The van der Waals surface area contributed by atoms with Gasteiger partial charge in [0, 0.05) is 17.0 Å². The average Bonchev–Trinajstić information content (AvgIpc) is 3.12. The zero-order chi connectivity index (χ0) is 16.3. The number of nitrogens with one attached hydrogen (secondary N) is 1. The number of benzene rings is 2. The number of anilines is 3. The Bertz CT molecular complexity index is 1080. The fourth-order valence-electron chi connectivity index (χ4n) is 3.66. The maximum Gasteiger partial charge on any atom is 0.159 e. The Morgan fingerprint density at radius 2 is 1.92 bits per heavy atom. The van der Waals surface area contributed by atoms with E-state index in [1.807, 2.05) is 24.4 Å². The summed E-state index contributed by atoms with van der Waals surface area (Å²) in [6.45, 7) is 4.27. The van der Waals surface area contributed by atoms with E-state index < -0.39 is 0 Å². The summed E-state index contributed by atoms with van der Waals surface area (Å²) in [6.07, 6.45) is 1.93. The topological polar surface area (TPSA) is 41.3 Å². The summed E-state index contributed by atoms with van der Waals surface area (Å²) in [4.78, 5) is 6.73. The minimum absolute atomic E-state index is 0.118. The van der Waals surface area contributed by atoms with Gasteiger partial charge in [0.1, 0.15) is 11.7 Å². The van der Waals surface area contributed by atoms with E-state index in [0.717, 1.165) is 39.1 Å². The molecule has 0 fully saturated rings. The number of fused-ring (bicyclic) bond motifs is 4. The first-order valence-corrected chi connectivity index (χ1v) is 8.15. The summed E-state index contributed by atoms with van der Waals surface area (Å²) in [5, 5.41) is 5.75. The number of hydrogen-bond acceptors (Lipinski definition) is 4. The molecule has 0 bridgehead atoms. The number of nitrogens with zero attached hydrogens (tertiary/aromatic N) is 2. The first-order valence-electron chi connectivity index (χ1n) is 8.15. The summed E-state index contributed by atoms with van der Waals surface area (Å²) in [7, 11) is 0. The molecule has 0 aliphatic carbocycles. The van der Waals surface area contributed by atoms with E-state index in [0.29, 0.717) is 0 Å². The van der Waals surface area contributed by atoms with Crippen molar-refractivity contribution in [1.29, 1.82) is 0 Å². The third-order valence-electron chi connectivity index (χ3n) is 4.74. The molecule has 1 aliphatic heterocycles. The Kier molecular flexibility index (Phi) is 2.65. The molecule has 0 spiro atoms. The Morgan fingerprint density at radius 1 is 1.04 bits per heavy atom. The van der Waals surface area contributed by atoms with Gasteiger partial charge in [0.15, 0.2) is 11.4 Å². The number of pyridine rings is 1. The van der Waals surface area contributed by atoms with Gasteiger partial charge in [0.05, 0.1) is 11.4 Å². The highest BCUT2D eigenvalue weighted by Gasteiger charge is 2.30. The minimum atomic E-state index is 0.118. The van der Waals surface area contributed by atoms with Crippen LogP contribution in [-0.2, 0) is 0 Å². The Labute approximate surface area is 139 Å². The van der Waals surface area contributed by atoms with Crippen LogP contribution in [-0.4, -0.2) is 11.1 Å². The van der Waals surface area contributed by atoms with Crippen LogP contribution in [0.1, 0.15) is 12.5 Å². The van der Waals surface area contributed by atoms with Crippen molar-refractivity contribution < 1.29 is 4.42 Å². The van der Waals surface area contributed by atoms with Crippen LogP contribution in [0.5, 0.6) is 0 Å². The molecule has 2 aromatic carbocycles. The fraction of sp³-hybridized carbons (Fsp3) is 0.150. The van der Waals surface area contributed by atoms with Gasteiger partial charge in [-0.25, -0.2) is 4.98 Å². The van der Waals surface area contributed by atoms with Gasteiger partial charge in [-0.3, -0.25) is 0 Å². The Morgan fingerprint density at radius 3 is 2.83 bits per heavy atom. The largest absolute Gasteiger partial charge is 0.454 e. The van der Waals surface area contributed by atoms with E-state index in [2.05, 4.69) is 59.4 Å². The van der Waals surface area contributed by atoms with E-state index in [4.69, 9.17) is 4.42 Å². The lowest BCUT2D eigenvalue weighted by atomic mass is 10.1. The second-order valence-corrected chi connectivity index (χ2v) is 6.27. The standard InChI is InChI=1S/C20H17N3O/c1-12-9-10-15-14-6-3-4-8-17(14)24-19(15)18(12)23-13(2)22-20-16(23)7-5-11-21-20/h3-11,13H,1-2H3,(H,21,22)/t13-/m1/s1. The van der Waals surface area contributed by atoms with Crippen molar-refractivity contribution >= 4 is 39.1 Å². The lowest BCUT2D eigenvalue weighted by Gasteiger charge is -2.25. The highest BCUT2D eigenvalue weighted by atomic mass is 16.3. The van der Waals surface area contributed by atoms with Gasteiger partial charge in [0.25, 0.3) is 0 Å². The maximum atomic E-state index is 6.25. The fourth-order valence-corrected chi connectivity index (χ4v) is 3.66. The summed E-state index contributed by atoms with van der Waals surface area (Å²) in [6, 6.07) is 16.6. The SMILES string of the molecule is Cc1ccc2c(oc3ccccc32)c1N1c2cccnc2N[C@H]1C. The van der Waals surface area contributed by atoms with Gasteiger partial charge in [-0.05, 0) is 37.6 Å². The first-order chi connectivity index (χ1) is 11.7. The van der Waals surface area contributed by atoms with Crippen molar-refractivity contribution in [3.8, 4) is 0 Å². The van der Waals surface area contributed by atoms with Crippen LogP contribution >= 0.6 is 0 Å². The summed E-state index contributed by atoms with van der Waals surface area (Å²) >= 11 is 0. The number of hydrogen-bond donors (Lipinski definition) is 1. The smallest absolute Gasteiger partial charge is 0.159 e. The van der Waals surface area contributed by atoms with Crippen LogP contribution in [0.2, 0.25) is 0 Å². The number of rotatable bonds is 1. The molecule has 118 valence electrons. The van der Waals surface area contributed by atoms with Crippen LogP contribution in [0.3, 0.4) is 0 Å². The van der Waals surface area contributed by atoms with E-state index in [9.17, 15) is 0 Å². The van der Waals surface area contributed by atoms with Crippen molar-refractivity contribution in [3.63, 3.8) is 0 Å². The molecule has 0 amide bonds. The predicted octanol–water partition coefficient (Wildman–Crippen LogP) is 5.20. The lowest BCUT2D eigenvalue weighted by molar-refractivity contribution is 0.665. The number of para-hydroxylation sites is 1. The molecule has 1 atom stereocenters. The third-order valence-corrected chi connectivity index (χ3v) is 4.74. The number of aryl methyl sites for hydroxylation is 1. The molecule has 1 N–H and O–H groups in total. The summed E-state index contributed by atoms with van der Waals surface area (Å²) in [5.41, 5.74) is 5.23. The van der Waals surface area contributed by atoms with Gasteiger partial charge in [0.2, 0.25) is 0 Å². The molecule has 0 unspecified atom stereocenters. The van der Waals surface area contributed by atoms with E-state index in [1.54, 1.807) is 0 Å².